The molecule has 9 heteroatoms. The van der Waals surface area contributed by atoms with Crippen LogP contribution in [0.3, 0.4) is 0 Å². The lowest BCUT2D eigenvalue weighted by Gasteiger charge is -2.33. The van der Waals surface area contributed by atoms with Crippen LogP contribution in [0.15, 0.2) is 36.4 Å². The van der Waals surface area contributed by atoms with E-state index in [2.05, 4.69) is 18.8 Å². The molecule has 3 aromatic rings. The van der Waals surface area contributed by atoms with Crippen molar-refractivity contribution in [3.8, 4) is 22.8 Å². The highest BCUT2D eigenvalue weighted by Crippen LogP contribution is 2.44. The second-order valence-corrected chi connectivity index (χ2v) is 10.7. The Morgan fingerprint density at radius 2 is 1.77 bits per heavy atom. The first kappa shape index (κ1) is 29.8. The number of aliphatic hydroxyl groups is 1. The lowest BCUT2D eigenvalue weighted by molar-refractivity contribution is -0.206. The summed E-state index contributed by atoms with van der Waals surface area (Å²) in [6.07, 6.45) is -2.37. The molecule has 1 amide bonds. The van der Waals surface area contributed by atoms with Crippen molar-refractivity contribution in [2.75, 3.05) is 27.3 Å². The molecule has 6 nitrogen and oxygen atoms in total. The zero-order chi connectivity index (χ0) is 29.0. The first-order chi connectivity index (χ1) is 19.1. The molecule has 1 fully saturated rings. The van der Waals surface area contributed by atoms with E-state index in [4.69, 9.17) is 9.47 Å². The van der Waals surface area contributed by atoms with Gasteiger partial charge in [0.1, 0.15) is 0 Å². The Morgan fingerprint density at radius 3 is 2.38 bits per heavy atom. The monoisotopic (exact) mass is 560 g/mol. The van der Waals surface area contributed by atoms with E-state index in [9.17, 15) is 23.1 Å². The number of halogens is 3. The number of carbonyl (C=O) groups is 1. The van der Waals surface area contributed by atoms with Gasteiger partial charge in [-0.05, 0) is 60.6 Å². The maximum atomic E-state index is 13.9. The fourth-order valence-electron chi connectivity index (χ4n) is 5.85. The van der Waals surface area contributed by atoms with Crippen molar-refractivity contribution in [3.05, 3.63) is 47.5 Å². The molecular weight excluding hydrogens is 521 g/mol. The summed E-state index contributed by atoms with van der Waals surface area (Å²) in [4.78, 5) is 17.9. The summed E-state index contributed by atoms with van der Waals surface area (Å²) in [6.45, 7) is 5.52. The largest absolute Gasteiger partial charge is 0.493 e. The average Bonchev–Trinajstić information content (AvgIpc) is 3.34. The second kappa shape index (κ2) is 12.5. The summed E-state index contributed by atoms with van der Waals surface area (Å²) in [7, 11) is 2.94. The van der Waals surface area contributed by atoms with E-state index in [0.717, 1.165) is 37.7 Å². The number of hydrogen-bond acceptors (Lipinski definition) is 4. The Balaban J connectivity index is 1.64. The third-order valence-electron chi connectivity index (χ3n) is 8.18. The van der Waals surface area contributed by atoms with E-state index in [-0.39, 0.29) is 23.1 Å². The maximum absolute atomic E-state index is 13.9. The van der Waals surface area contributed by atoms with E-state index in [1.165, 1.54) is 14.2 Å². The van der Waals surface area contributed by atoms with Crippen LogP contribution in [0.5, 0.6) is 11.5 Å². The molecule has 2 N–H and O–H groups in total. The first-order valence-electron chi connectivity index (χ1n) is 14.0. The number of nitrogens with zero attached hydrogens (tertiary/aromatic N) is 1. The third-order valence-corrected chi connectivity index (χ3v) is 8.18. The van der Waals surface area contributed by atoms with Crippen LogP contribution in [-0.4, -0.2) is 54.4 Å². The van der Waals surface area contributed by atoms with Gasteiger partial charge in [-0.25, -0.2) is 0 Å². The number of alkyl halides is 3. The number of likely N-dealkylation sites (tertiary alicyclic amines) is 1. The number of ether oxygens (including phenoxy) is 2. The highest BCUT2D eigenvalue weighted by molar-refractivity contribution is 5.92. The van der Waals surface area contributed by atoms with Gasteiger partial charge in [0, 0.05) is 41.5 Å². The van der Waals surface area contributed by atoms with Gasteiger partial charge in [0.2, 0.25) is 5.91 Å². The first-order valence-corrected chi connectivity index (χ1v) is 14.0. The van der Waals surface area contributed by atoms with Gasteiger partial charge >= 0.3 is 6.18 Å². The number of methoxy groups -OCH3 is 2. The summed E-state index contributed by atoms with van der Waals surface area (Å²) >= 11 is 0. The number of carbonyl (C=O) groups excluding carboxylic acids is 1. The highest BCUT2D eigenvalue weighted by Gasteiger charge is 2.42. The smallest absolute Gasteiger partial charge is 0.418 e. The predicted molar refractivity (Wildman–Crippen MR) is 150 cm³/mol. The number of H-pyrrole nitrogens is 1. The van der Waals surface area contributed by atoms with Crippen LogP contribution < -0.4 is 9.47 Å². The minimum absolute atomic E-state index is 0.112. The molecule has 2 aromatic carbocycles. The number of aromatic amines is 1. The SMILES string of the molecule is CCCC(CC)CC(=O)N1CCC(c2ccc3[nH]c(-c4ccc(OC)c(OC)c4)c(C(O)C(F)(F)F)c3c2)CC1. The quantitative estimate of drug-likeness (QED) is 0.272. The lowest BCUT2D eigenvalue weighted by atomic mass is 9.87. The normalized spacial score (nSPS) is 16.2. The molecule has 2 unspecified atom stereocenters. The number of piperidine rings is 1. The molecule has 0 spiro atoms. The Kier molecular flexibility index (Phi) is 9.33. The molecule has 0 saturated carbocycles. The molecule has 0 aliphatic carbocycles. The van der Waals surface area contributed by atoms with E-state index in [1.807, 2.05) is 11.0 Å². The molecule has 4 rings (SSSR count). The van der Waals surface area contributed by atoms with Crippen molar-refractivity contribution >= 4 is 16.8 Å². The Labute approximate surface area is 233 Å². The number of hydrogen-bond donors (Lipinski definition) is 2. The molecule has 1 aliphatic rings. The molecule has 218 valence electrons. The zero-order valence-corrected chi connectivity index (χ0v) is 23.6. The predicted octanol–water partition coefficient (Wildman–Crippen LogP) is 7.37. The molecule has 0 radical (unpaired) electrons. The highest BCUT2D eigenvalue weighted by atomic mass is 19.4. The van der Waals surface area contributed by atoms with Crippen molar-refractivity contribution in [3.63, 3.8) is 0 Å². The average molecular weight is 561 g/mol. The van der Waals surface area contributed by atoms with E-state index in [0.29, 0.717) is 53.4 Å². The van der Waals surface area contributed by atoms with Crippen molar-refractivity contribution in [2.24, 2.45) is 5.92 Å². The summed E-state index contributed by atoms with van der Waals surface area (Å²) in [5.74, 6) is 1.52. The Morgan fingerprint density at radius 1 is 1.07 bits per heavy atom. The van der Waals surface area contributed by atoms with Gasteiger partial charge in [-0.15, -0.1) is 0 Å². The maximum Gasteiger partial charge on any atom is 0.418 e. The number of rotatable bonds is 10. The molecular formula is C31H39F3N2O4. The Bertz CT molecular complexity index is 1310. The van der Waals surface area contributed by atoms with Gasteiger partial charge in [-0.2, -0.15) is 13.2 Å². The molecule has 1 saturated heterocycles. The third kappa shape index (κ3) is 6.24. The van der Waals surface area contributed by atoms with Gasteiger partial charge < -0.3 is 24.5 Å². The minimum atomic E-state index is -4.85. The Hall–Kier alpha value is -3.20. The summed E-state index contributed by atoms with van der Waals surface area (Å²) < 4.78 is 52.3. The summed E-state index contributed by atoms with van der Waals surface area (Å²) in [5, 5.41) is 10.8. The van der Waals surface area contributed by atoms with Gasteiger partial charge in [0.25, 0.3) is 0 Å². The van der Waals surface area contributed by atoms with E-state index < -0.39 is 12.3 Å². The van der Waals surface area contributed by atoms with Crippen LogP contribution in [0.25, 0.3) is 22.2 Å². The zero-order valence-electron chi connectivity index (χ0n) is 23.6. The second-order valence-electron chi connectivity index (χ2n) is 10.7. The molecule has 1 aromatic heterocycles. The van der Waals surface area contributed by atoms with E-state index in [1.54, 1.807) is 30.3 Å². The number of nitrogens with one attached hydrogen (secondary N) is 1. The number of benzene rings is 2. The van der Waals surface area contributed by atoms with Crippen LogP contribution in [0.1, 0.15) is 75.5 Å². The molecule has 40 heavy (non-hydrogen) atoms. The van der Waals surface area contributed by atoms with Crippen LogP contribution in [0, 0.1) is 5.92 Å². The van der Waals surface area contributed by atoms with Crippen molar-refractivity contribution < 1.29 is 32.5 Å². The van der Waals surface area contributed by atoms with Crippen LogP contribution >= 0.6 is 0 Å². The van der Waals surface area contributed by atoms with Crippen LogP contribution in [0.4, 0.5) is 13.2 Å². The molecule has 2 atom stereocenters. The van der Waals surface area contributed by atoms with E-state index >= 15 is 0 Å². The van der Waals surface area contributed by atoms with Gasteiger partial charge in [0.05, 0.1) is 19.9 Å². The van der Waals surface area contributed by atoms with Crippen LogP contribution in [0.2, 0.25) is 0 Å². The minimum Gasteiger partial charge on any atom is -0.493 e. The van der Waals surface area contributed by atoms with Crippen LogP contribution in [-0.2, 0) is 4.79 Å². The number of amides is 1. The van der Waals surface area contributed by atoms with Gasteiger partial charge in [0.15, 0.2) is 17.6 Å². The van der Waals surface area contributed by atoms with Gasteiger partial charge in [-0.1, -0.05) is 39.2 Å². The van der Waals surface area contributed by atoms with Crippen molar-refractivity contribution in [1.29, 1.82) is 0 Å². The number of fused-ring (bicyclic) bond motifs is 1. The standard InChI is InChI=1S/C31H39F3N2O4/c1-5-7-19(6-2)16-27(37)36-14-12-20(13-15-36)21-8-10-24-23(17-21)28(30(38)31(32,33)34)29(35-24)22-9-11-25(39-3)26(18-22)40-4/h8-11,17-20,30,35,38H,5-7,12-16H2,1-4H3. The number of aromatic nitrogens is 1. The van der Waals surface area contributed by atoms with Crippen molar-refractivity contribution in [1.82, 2.24) is 9.88 Å². The van der Waals surface area contributed by atoms with Crippen molar-refractivity contribution in [2.45, 2.75) is 70.6 Å². The fraction of sp³-hybridized carbons (Fsp3) is 0.516. The lowest BCUT2D eigenvalue weighted by Crippen LogP contribution is -2.38. The summed E-state index contributed by atoms with van der Waals surface area (Å²) in [6, 6.07) is 10.3. The molecule has 0 bridgehead atoms. The van der Waals surface area contributed by atoms with Gasteiger partial charge in [-0.3, -0.25) is 4.79 Å². The number of aliphatic hydroxyl groups excluding tert-OH is 1. The summed E-state index contributed by atoms with van der Waals surface area (Å²) in [5.41, 5.74) is 1.81. The fourth-order valence-corrected chi connectivity index (χ4v) is 5.85. The molecule has 1 aliphatic heterocycles. The topological polar surface area (TPSA) is 74.8 Å². The molecule has 2 heterocycles.